The van der Waals surface area contributed by atoms with E-state index < -0.39 is 0 Å². The zero-order valence-electron chi connectivity index (χ0n) is 11.7. The fourth-order valence-corrected chi connectivity index (χ4v) is 1.79. The van der Waals surface area contributed by atoms with Crippen LogP contribution in [0.25, 0.3) is 5.57 Å². The predicted octanol–water partition coefficient (Wildman–Crippen LogP) is 3.95. The average Bonchev–Trinajstić information content (AvgIpc) is 2.34. The van der Waals surface area contributed by atoms with E-state index in [1.807, 2.05) is 31.2 Å². The van der Waals surface area contributed by atoms with Crippen molar-refractivity contribution in [1.82, 2.24) is 0 Å². The van der Waals surface area contributed by atoms with Crippen LogP contribution in [0.1, 0.15) is 45.2 Å². The molecule has 1 rings (SSSR count). The Morgan fingerprint density at radius 2 is 1.89 bits per heavy atom. The van der Waals surface area contributed by atoms with Gasteiger partial charge in [-0.15, -0.1) is 0 Å². The maximum absolute atomic E-state index is 11.9. The highest BCUT2D eigenvalue weighted by atomic mass is 16.5. The van der Waals surface area contributed by atoms with Gasteiger partial charge in [0.25, 0.3) is 0 Å². The minimum Gasteiger partial charge on any atom is -0.462 e. The fourth-order valence-electron chi connectivity index (χ4n) is 1.79. The number of carbonyl (C=O) groups excluding carboxylic acids is 1. The summed E-state index contributed by atoms with van der Waals surface area (Å²) < 4.78 is 5.14. The molecule has 98 valence electrons. The number of benzene rings is 1. The highest BCUT2D eigenvalue weighted by Crippen LogP contribution is 2.29. The normalized spacial score (nSPS) is 11.1. The number of ether oxygens (including phenoxy) is 1. The van der Waals surface area contributed by atoms with Crippen molar-refractivity contribution in [2.45, 2.75) is 39.5 Å². The number of carbonyl (C=O) groups is 1. The summed E-state index contributed by atoms with van der Waals surface area (Å²) in [5, 5.41) is 0. The van der Waals surface area contributed by atoms with Crippen molar-refractivity contribution in [3.05, 3.63) is 42.0 Å². The molecule has 0 N–H and O–H groups in total. The van der Waals surface area contributed by atoms with Crippen molar-refractivity contribution >= 4 is 11.5 Å². The first-order valence-electron chi connectivity index (χ1n) is 6.33. The Morgan fingerprint density at radius 3 is 2.44 bits per heavy atom. The molecular weight excluding hydrogens is 224 g/mol. The first-order chi connectivity index (χ1) is 8.38. The molecule has 0 bridgehead atoms. The summed E-state index contributed by atoms with van der Waals surface area (Å²) in [5.74, 6) is -0.325. The van der Waals surface area contributed by atoms with Crippen LogP contribution >= 0.6 is 0 Å². The van der Waals surface area contributed by atoms with Crippen LogP contribution in [0, 0.1) is 0 Å². The van der Waals surface area contributed by atoms with Gasteiger partial charge in [-0.2, -0.15) is 0 Å². The first-order valence-corrected chi connectivity index (χ1v) is 6.33. The molecule has 0 spiro atoms. The Labute approximate surface area is 110 Å². The molecule has 1 aromatic rings. The number of hydrogen-bond donors (Lipinski definition) is 0. The molecular formula is C16H22O2. The Hall–Kier alpha value is -1.57. The van der Waals surface area contributed by atoms with E-state index in [9.17, 15) is 4.79 Å². The smallest absolute Gasteiger partial charge is 0.338 e. The van der Waals surface area contributed by atoms with Crippen LogP contribution in [0.4, 0.5) is 0 Å². The quantitative estimate of drug-likeness (QED) is 0.594. The maximum atomic E-state index is 11.9. The van der Waals surface area contributed by atoms with E-state index in [0.717, 1.165) is 17.5 Å². The second-order valence-electron chi connectivity index (χ2n) is 5.41. The average molecular weight is 246 g/mol. The van der Waals surface area contributed by atoms with E-state index in [4.69, 9.17) is 4.74 Å². The molecule has 0 amide bonds. The standard InChI is InChI=1S/C16H22O2/c1-6-11-18-15(17)12(2)13-9-7-8-10-14(13)16(3,4)5/h7-10H,2,6,11H2,1,3-5H3. The van der Waals surface area contributed by atoms with Gasteiger partial charge in [-0.25, -0.2) is 4.79 Å². The summed E-state index contributed by atoms with van der Waals surface area (Å²) in [4.78, 5) is 11.9. The van der Waals surface area contributed by atoms with Gasteiger partial charge in [0, 0.05) is 0 Å². The SMILES string of the molecule is C=C(C(=O)OCCC)c1ccccc1C(C)(C)C. The van der Waals surface area contributed by atoms with Gasteiger partial charge in [0.2, 0.25) is 0 Å². The topological polar surface area (TPSA) is 26.3 Å². The lowest BCUT2D eigenvalue weighted by Gasteiger charge is -2.23. The van der Waals surface area contributed by atoms with Crippen molar-refractivity contribution in [2.75, 3.05) is 6.61 Å². The van der Waals surface area contributed by atoms with Crippen LogP contribution < -0.4 is 0 Å². The van der Waals surface area contributed by atoms with Crippen LogP contribution in [0.3, 0.4) is 0 Å². The lowest BCUT2D eigenvalue weighted by atomic mass is 9.82. The van der Waals surface area contributed by atoms with E-state index >= 15 is 0 Å². The Kier molecular flexibility index (Phi) is 4.71. The van der Waals surface area contributed by atoms with Crippen molar-refractivity contribution < 1.29 is 9.53 Å². The molecule has 0 heterocycles. The van der Waals surface area contributed by atoms with E-state index in [1.165, 1.54) is 0 Å². The first kappa shape index (κ1) is 14.5. The van der Waals surface area contributed by atoms with Crippen LogP contribution in [0.15, 0.2) is 30.8 Å². The molecule has 0 atom stereocenters. The van der Waals surface area contributed by atoms with Gasteiger partial charge in [-0.1, -0.05) is 58.5 Å². The van der Waals surface area contributed by atoms with Gasteiger partial charge in [0.1, 0.15) is 0 Å². The van der Waals surface area contributed by atoms with Crippen molar-refractivity contribution in [1.29, 1.82) is 0 Å². The Balaban J connectivity index is 3.03. The summed E-state index contributed by atoms with van der Waals surface area (Å²) >= 11 is 0. The third-order valence-electron chi connectivity index (χ3n) is 2.74. The number of rotatable bonds is 4. The summed E-state index contributed by atoms with van der Waals surface area (Å²) in [5.41, 5.74) is 2.41. The summed E-state index contributed by atoms with van der Waals surface area (Å²) in [6.07, 6.45) is 0.819. The zero-order valence-corrected chi connectivity index (χ0v) is 11.7. The maximum Gasteiger partial charge on any atom is 0.338 e. The van der Waals surface area contributed by atoms with Crippen LogP contribution in [-0.4, -0.2) is 12.6 Å². The minimum atomic E-state index is -0.325. The molecule has 0 fully saturated rings. The highest BCUT2D eigenvalue weighted by molar-refractivity contribution is 6.16. The monoisotopic (exact) mass is 246 g/mol. The molecule has 0 saturated heterocycles. The van der Waals surface area contributed by atoms with E-state index in [-0.39, 0.29) is 11.4 Å². The minimum absolute atomic E-state index is 0.0232. The molecule has 0 aliphatic carbocycles. The van der Waals surface area contributed by atoms with Crippen LogP contribution in [-0.2, 0) is 14.9 Å². The molecule has 0 radical (unpaired) electrons. The van der Waals surface area contributed by atoms with Gasteiger partial charge in [-0.3, -0.25) is 0 Å². The summed E-state index contributed by atoms with van der Waals surface area (Å²) in [7, 11) is 0. The molecule has 0 aromatic heterocycles. The van der Waals surface area contributed by atoms with Crippen LogP contribution in [0.5, 0.6) is 0 Å². The lowest BCUT2D eigenvalue weighted by Crippen LogP contribution is -2.16. The second kappa shape index (κ2) is 5.85. The number of esters is 1. The van der Waals surface area contributed by atoms with E-state index in [1.54, 1.807) is 0 Å². The van der Waals surface area contributed by atoms with Crippen molar-refractivity contribution in [2.24, 2.45) is 0 Å². The molecule has 2 nitrogen and oxygen atoms in total. The van der Waals surface area contributed by atoms with Crippen molar-refractivity contribution in [3.8, 4) is 0 Å². The number of hydrogen-bond acceptors (Lipinski definition) is 2. The fraction of sp³-hybridized carbons (Fsp3) is 0.438. The third kappa shape index (κ3) is 3.46. The van der Waals surface area contributed by atoms with Gasteiger partial charge >= 0.3 is 5.97 Å². The molecule has 0 unspecified atom stereocenters. The second-order valence-corrected chi connectivity index (χ2v) is 5.41. The zero-order chi connectivity index (χ0) is 13.8. The summed E-state index contributed by atoms with van der Waals surface area (Å²) in [6.45, 7) is 12.7. The molecule has 18 heavy (non-hydrogen) atoms. The Morgan fingerprint density at radius 1 is 1.28 bits per heavy atom. The highest BCUT2D eigenvalue weighted by Gasteiger charge is 2.21. The molecule has 1 aromatic carbocycles. The van der Waals surface area contributed by atoms with Gasteiger partial charge in [0.05, 0.1) is 12.2 Å². The third-order valence-corrected chi connectivity index (χ3v) is 2.74. The van der Waals surface area contributed by atoms with Gasteiger partial charge < -0.3 is 4.74 Å². The molecule has 0 aliphatic heterocycles. The van der Waals surface area contributed by atoms with E-state index in [0.29, 0.717) is 12.2 Å². The Bertz CT molecular complexity index is 439. The van der Waals surface area contributed by atoms with E-state index in [2.05, 4.69) is 27.4 Å². The predicted molar refractivity (Wildman–Crippen MR) is 75.4 cm³/mol. The molecule has 0 saturated carbocycles. The molecule has 0 aliphatic rings. The van der Waals surface area contributed by atoms with Crippen LogP contribution in [0.2, 0.25) is 0 Å². The van der Waals surface area contributed by atoms with Gasteiger partial charge in [0.15, 0.2) is 0 Å². The van der Waals surface area contributed by atoms with Crippen molar-refractivity contribution in [3.63, 3.8) is 0 Å². The molecule has 2 heteroatoms. The summed E-state index contributed by atoms with van der Waals surface area (Å²) in [6, 6.07) is 7.86. The largest absolute Gasteiger partial charge is 0.462 e. The van der Waals surface area contributed by atoms with Gasteiger partial charge in [-0.05, 0) is 23.0 Å². The lowest BCUT2D eigenvalue weighted by molar-refractivity contribution is -0.136.